The number of rotatable bonds is 8. The summed E-state index contributed by atoms with van der Waals surface area (Å²) in [4.78, 5) is 13.1. The Labute approximate surface area is 188 Å². The normalized spacial score (nSPS) is 15.6. The predicted molar refractivity (Wildman–Crippen MR) is 120 cm³/mol. The molecule has 1 atom stereocenters. The quantitative estimate of drug-likeness (QED) is 0.617. The molecule has 2 aromatic rings. The van der Waals surface area contributed by atoms with Crippen LogP contribution in [0.1, 0.15) is 27.9 Å². The first-order valence-electron chi connectivity index (χ1n) is 10.0. The second-order valence-corrected chi connectivity index (χ2v) is 9.28. The van der Waals surface area contributed by atoms with E-state index in [0.717, 1.165) is 11.8 Å². The number of anilines is 1. The lowest BCUT2D eigenvalue weighted by molar-refractivity contribution is 0.0951. The van der Waals surface area contributed by atoms with Gasteiger partial charge in [-0.15, -0.1) is 0 Å². The van der Waals surface area contributed by atoms with Gasteiger partial charge in [-0.2, -0.15) is 5.26 Å². The Morgan fingerprint density at radius 1 is 1.22 bits per heavy atom. The molecule has 0 saturated carbocycles. The number of nitriles is 1. The number of carbonyl (C=O) groups is 1. The van der Waals surface area contributed by atoms with Crippen molar-refractivity contribution < 1.29 is 22.7 Å². The third kappa shape index (κ3) is 5.12. The second-order valence-electron chi connectivity index (χ2n) is 7.42. The minimum Gasteiger partial charge on any atom is -0.493 e. The van der Waals surface area contributed by atoms with E-state index in [4.69, 9.17) is 9.47 Å². The number of benzene rings is 2. The number of nitrogens with one attached hydrogen (secondary N) is 2. The zero-order valence-electron chi connectivity index (χ0n) is 18.2. The average Bonchev–Trinajstić information content (AvgIpc) is 3.30. The van der Waals surface area contributed by atoms with E-state index in [2.05, 4.69) is 10.6 Å². The molecule has 1 aliphatic heterocycles. The Kier molecular flexibility index (Phi) is 7.22. The van der Waals surface area contributed by atoms with Crippen molar-refractivity contribution in [3.05, 3.63) is 53.1 Å². The van der Waals surface area contributed by atoms with Gasteiger partial charge in [0.25, 0.3) is 5.91 Å². The number of amides is 1. The molecule has 2 N–H and O–H groups in total. The molecule has 0 bridgehead atoms. The summed E-state index contributed by atoms with van der Waals surface area (Å²) in [6.45, 7) is 1.35. The summed E-state index contributed by atoms with van der Waals surface area (Å²) in [5.74, 6) is 0.621. The van der Waals surface area contributed by atoms with Crippen molar-refractivity contribution in [1.82, 2.24) is 10.6 Å². The maximum atomic E-state index is 13.1. The van der Waals surface area contributed by atoms with Crippen molar-refractivity contribution in [2.45, 2.75) is 19.0 Å². The molecule has 1 fully saturated rings. The van der Waals surface area contributed by atoms with Crippen molar-refractivity contribution in [3.63, 3.8) is 0 Å². The third-order valence-corrected chi connectivity index (χ3v) is 6.44. The average molecular weight is 459 g/mol. The number of sulfonamides is 1. The van der Waals surface area contributed by atoms with E-state index < -0.39 is 15.9 Å². The zero-order chi connectivity index (χ0) is 23.3. The van der Waals surface area contributed by atoms with E-state index in [1.807, 2.05) is 6.07 Å². The maximum Gasteiger partial charge on any atom is 0.253 e. The maximum absolute atomic E-state index is 13.1. The van der Waals surface area contributed by atoms with E-state index in [1.54, 1.807) is 18.2 Å². The predicted octanol–water partition coefficient (Wildman–Crippen LogP) is 1.63. The minimum absolute atomic E-state index is 0.127. The Morgan fingerprint density at radius 3 is 2.56 bits per heavy atom. The highest BCUT2D eigenvalue weighted by atomic mass is 32.2. The molecule has 1 heterocycles. The number of hydrogen-bond acceptors (Lipinski definition) is 7. The number of nitrogens with zero attached hydrogens (tertiary/aromatic N) is 2. The molecule has 0 radical (unpaired) electrons. The van der Waals surface area contributed by atoms with Crippen LogP contribution in [0.2, 0.25) is 0 Å². The van der Waals surface area contributed by atoms with Crippen molar-refractivity contribution in [1.29, 1.82) is 5.26 Å². The molecule has 3 rings (SSSR count). The van der Waals surface area contributed by atoms with Crippen LogP contribution < -0.4 is 24.4 Å². The van der Waals surface area contributed by atoms with Gasteiger partial charge in [0.2, 0.25) is 10.0 Å². The molecule has 10 heteroatoms. The number of hydrogen-bond donors (Lipinski definition) is 2. The lowest BCUT2D eigenvalue weighted by Crippen LogP contribution is -2.42. The highest BCUT2D eigenvalue weighted by Crippen LogP contribution is 2.30. The Hall–Kier alpha value is -3.29. The fourth-order valence-electron chi connectivity index (χ4n) is 3.73. The lowest BCUT2D eigenvalue weighted by atomic mass is 10.1. The summed E-state index contributed by atoms with van der Waals surface area (Å²) in [6, 6.07) is 11.4. The highest BCUT2D eigenvalue weighted by Gasteiger charge is 2.32. The molecular weight excluding hydrogens is 432 g/mol. The molecule has 32 heavy (non-hydrogen) atoms. The Balaban J connectivity index is 1.92. The van der Waals surface area contributed by atoms with Crippen LogP contribution in [0, 0.1) is 11.3 Å². The van der Waals surface area contributed by atoms with Gasteiger partial charge in [0, 0.05) is 13.1 Å². The SMILES string of the molecule is COc1ccc(CNC(=O)c2cc(C#N)ccc2N(C2CCNC2)S(C)(=O)=O)cc1OC. The van der Waals surface area contributed by atoms with Gasteiger partial charge in [-0.25, -0.2) is 8.42 Å². The zero-order valence-corrected chi connectivity index (χ0v) is 19.0. The van der Waals surface area contributed by atoms with Gasteiger partial charge in [0.1, 0.15) is 0 Å². The van der Waals surface area contributed by atoms with Gasteiger partial charge in [-0.3, -0.25) is 9.10 Å². The van der Waals surface area contributed by atoms with Gasteiger partial charge in [-0.1, -0.05) is 6.07 Å². The summed E-state index contributed by atoms with van der Waals surface area (Å²) in [6.07, 6.45) is 1.74. The molecule has 1 saturated heterocycles. The minimum atomic E-state index is -3.66. The molecule has 9 nitrogen and oxygen atoms in total. The number of carbonyl (C=O) groups excluding carboxylic acids is 1. The first-order valence-corrected chi connectivity index (χ1v) is 11.9. The monoisotopic (exact) mass is 458 g/mol. The van der Waals surface area contributed by atoms with Crippen LogP contribution in [0.3, 0.4) is 0 Å². The van der Waals surface area contributed by atoms with E-state index in [9.17, 15) is 18.5 Å². The summed E-state index contributed by atoms with van der Waals surface area (Å²) in [5, 5.41) is 15.3. The highest BCUT2D eigenvalue weighted by molar-refractivity contribution is 7.92. The Morgan fingerprint density at radius 2 is 1.97 bits per heavy atom. The third-order valence-electron chi connectivity index (χ3n) is 5.23. The number of ether oxygens (including phenoxy) is 2. The standard InChI is InChI=1S/C22H26N4O5S/c1-30-20-7-5-16(11-21(20)31-2)13-25-22(27)18-10-15(12-23)4-6-19(18)26(32(3,28)29)17-8-9-24-14-17/h4-7,10-11,17,24H,8-9,13-14H2,1-3H3,(H,25,27). The molecule has 0 spiro atoms. The molecular formula is C22H26N4O5S. The van der Waals surface area contributed by atoms with E-state index in [-0.39, 0.29) is 29.4 Å². The molecule has 170 valence electrons. The van der Waals surface area contributed by atoms with Crippen LogP contribution in [0.5, 0.6) is 11.5 Å². The van der Waals surface area contributed by atoms with Crippen LogP contribution in [-0.2, 0) is 16.6 Å². The molecule has 0 aromatic heterocycles. The van der Waals surface area contributed by atoms with Gasteiger partial charge < -0.3 is 20.1 Å². The fourth-order valence-corrected chi connectivity index (χ4v) is 4.97. The topological polar surface area (TPSA) is 121 Å². The van der Waals surface area contributed by atoms with E-state index >= 15 is 0 Å². The second kappa shape index (κ2) is 9.89. The summed E-state index contributed by atoms with van der Waals surface area (Å²) >= 11 is 0. The summed E-state index contributed by atoms with van der Waals surface area (Å²) in [5.41, 5.74) is 1.42. The van der Waals surface area contributed by atoms with E-state index in [0.29, 0.717) is 31.0 Å². The lowest BCUT2D eigenvalue weighted by Gasteiger charge is -2.30. The van der Waals surface area contributed by atoms with Crippen LogP contribution in [0.15, 0.2) is 36.4 Å². The molecule has 1 unspecified atom stereocenters. The van der Waals surface area contributed by atoms with Crippen molar-refractivity contribution in [2.75, 3.05) is 37.9 Å². The van der Waals surface area contributed by atoms with Crippen molar-refractivity contribution in [2.24, 2.45) is 0 Å². The van der Waals surface area contributed by atoms with Gasteiger partial charge in [0.15, 0.2) is 11.5 Å². The molecule has 0 aliphatic carbocycles. The first-order chi connectivity index (χ1) is 15.3. The van der Waals surface area contributed by atoms with Crippen LogP contribution in [-0.4, -0.2) is 53.9 Å². The van der Waals surface area contributed by atoms with Crippen LogP contribution in [0.4, 0.5) is 5.69 Å². The Bertz CT molecular complexity index is 1140. The molecule has 1 amide bonds. The smallest absolute Gasteiger partial charge is 0.253 e. The molecule has 2 aromatic carbocycles. The van der Waals surface area contributed by atoms with Crippen LogP contribution in [0.25, 0.3) is 0 Å². The fraction of sp³-hybridized carbons (Fsp3) is 0.364. The van der Waals surface area contributed by atoms with Gasteiger partial charge in [0.05, 0.1) is 49.4 Å². The van der Waals surface area contributed by atoms with Crippen molar-refractivity contribution in [3.8, 4) is 17.6 Å². The van der Waals surface area contributed by atoms with Gasteiger partial charge in [-0.05, 0) is 48.9 Å². The summed E-state index contributed by atoms with van der Waals surface area (Å²) < 4.78 is 37.1. The van der Waals surface area contributed by atoms with Crippen LogP contribution >= 0.6 is 0 Å². The van der Waals surface area contributed by atoms with Gasteiger partial charge >= 0.3 is 0 Å². The van der Waals surface area contributed by atoms with Crippen molar-refractivity contribution >= 4 is 21.6 Å². The largest absolute Gasteiger partial charge is 0.493 e. The van der Waals surface area contributed by atoms with E-state index in [1.165, 1.54) is 36.7 Å². The molecule has 1 aliphatic rings. The summed E-state index contributed by atoms with van der Waals surface area (Å²) in [7, 11) is -0.597. The number of methoxy groups -OCH3 is 2. The first kappa shape index (κ1) is 23.4.